The van der Waals surface area contributed by atoms with Crippen molar-refractivity contribution in [1.29, 1.82) is 0 Å². The van der Waals surface area contributed by atoms with Gasteiger partial charge in [-0.2, -0.15) is 0 Å². The van der Waals surface area contributed by atoms with Crippen LogP contribution in [0.2, 0.25) is 0 Å². The molecule has 1 heterocycles. The topological polar surface area (TPSA) is 58.6 Å². The lowest BCUT2D eigenvalue weighted by Gasteiger charge is -2.13. The second kappa shape index (κ2) is 7.21. The molecule has 2 aromatic rings. The first-order valence-corrected chi connectivity index (χ1v) is 8.22. The van der Waals surface area contributed by atoms with Crippen molar-refractivity contribution in [2.45, 2.75) is 13.3 Å². The fourth-order valence-corrected chi connectivity index (χ4v) is 2.81. The average molecular weight is 336 g/mol. The summed E-state index contributed by atoms with van der Waals surface area (Å²) in [7, 11) is 1.59. The van der Waals surface area contributed by atoms with Crippen LogP contribution in [0.3, 0.4) is 0 Å². The Balaban J connectivity index is 2.05. The Bertz CT molecular complexity index is 811. The molecule has 1 aliphatic heterocycles. The molecule has 2 aromatic carbocycles. The molecule has 128 valence electrons. The molecular weight excluding hydrogens is 316 g/mol. The molecule has 25 heavy (non-hydrogen) atoms. The van der Waals surface area contributed by atoms with Crippen LogP contribution in [0.25, 0.3) is 5.57 Å². The minimum absolute atomic E-state index is 0.268. The first-order chi connectivity index (χ1) is 12.2. The minimum atomic E-state index is -0.290. The summed E-state index contributed by atoms with van der Waals surface area (Å²) < 4.78 is 5.17. The van der Waals surface area contributed by atoms with Crippen molar-refractivity contribution in [1.82, 2.24) is 4.90 Å². The van der Waals surface area contributed by atoms with Crippen LogP contribution >= 0.6 is 0 Å². The summed E-state index contributed by atoms with van der Waals surface area (Å²) >= 11 is 0. The van der Waals surface area contributed by atoms with E-state index < -0.39 is 0 Å². The van der Waals surface area contributed by atoms with Gasteiger partial charge in [-0.05, 0) is 36.2 Å². The number of imide groups is 1. The SMILES string of the molecule is CCCN1C(=O)C(Nc2ccccc2)=C(c2ccc(OC)cc2)C1=O. The van der Waals surface area contributed by atoms with E-state index in [4.69, 9.17) is 4.74 Å². The number of hydrogen-bond donors (Lipinski definition) is 1. The van der Waals surface area contributed by atoms with Crippen LogP contribution in [0, 0.1) is 0 Å². The van der Waals surface area contributed by atoms with Crippen molar-refractivity contribution < 1.29 is 14.3 Å². The highest BCUT2D eigenvalue weighted by Crippen LogP contribution is 2.31. The van der Waals surface area contributed by atoms with E-state index in [1.165, 1.54) is 4.90 Å². The Morgan fingerprint density at radius 3 is 2.24 bits per heavy atom. The third-order valence-corrected chi connectivity index (χ3v) is 4.04. The molecule has 5 nitrogen and oxygen atoms in total. The number of nitrogens with zero attached hydrogens (tertiary/aromatic N) is 1. The summed E-state index contributed by atoms with van der Waals surface area (Å²) in [6.07, 6.45) is 0.714. The average Bonchev–Trinajstić information content (AvgIpc) is 2.87. The number of carbonyl (C=O) groups is 2. The minimum Gasteiger partial charge on any atom is -0.497 e. The molecule has 0 bridgehead atoms. The van der Waals surface area contributed by atoms with Crippen molar-refractivity contribution in [2.75, 3.05) is 19.0 Å². The number of hydrogen-bond acceptors (Lipinski definition) is 4. The summed E-state index contributed by atoms with van der Waals surface area (Å²) in [5, 5.41) is 3.12. The van der Waals surface area contributed by atoms with Gasteiger partial charge in [0, 0.05) is 12.2 Å². The second-order valence-corrected chi connectivity index (χ2v) is 5.73. The molecule has 0 aliphatic carbocycles. The molecule has 0 atom stereocenters. The molecule has 5 heteroatoms. The van der Waals surface area contributed by atoms with Gasteiger partial charge in [0.2, 0.25) is 0 Å². The van der Waals surface area contributed by atoms with E-state index in [0.717, 1.165) is 5.69 Å². The number of benzene rings is 2. The van der Waals surface area contributed by atoms with Crippen LogP contribution in [0.15, 0.2) is 60.3 Å². The molecule has 0 fully saturated rings. The number of carbonyl (C=O) groups excluding carboxylic acids is 2. The number of rotatable bonds is 6. The predicted octanol–water partition coefficient (Wildman–Crippen LogP) is 3.30. The van der Waals surface area contributed by atoms with Gasteiger partial charge in [-0.1, -0.05) is 37.3 Å². The van der Waals surface area contributed by atoms with E-state index in [9.17, 15) is 9.59 Å². The van der Waals surface area contributed by atoms with Gasteiger partial charge in [-0.3, -0.25) is 14.5 Å². The Labute approximate surface area is 146 Å². The van der Waals surface area contributed by atoms with Crippen molar-refractivity contribution >= 4 is 23.1 Å². The van der Waals surface area contributed by atoms with Gasteiger partial charge in [0.15, 0.2) is 0 Å². The number of para-hydroxylation sites is 1. The molecule has 0 saturated heterocycles. The zero-order valence-corrected chi connectivity index (χ0v) is 14.3. The first kappa shape index (κ1) is 16.8. The molecule has 1 N–H and O–H groups in total. The van der Waals surface area contributed by atoms with Crippen LogP contribution in [-0.2, 0) is 9.59 Å². The maximum absolute atomic E-state index is 12.8. The highest BCUT2D eigenvalue weighted by atomic mass is 16.5. The molecule has 2 amide bonds. The highest BCUT2D eigenvalue weighted by Gasteiger charge is 2.38. The van der Waals surface area contributed by atoms with Crippen molar-refractivity contribution in [3.63, 3.8) is 0 Å². The largest absolute Gasteiger partial charge is 0.497 e. The third kappa shape index (κ3) is 3.26. The maximum Gasteiger partial charge on any atom is 0.278 e. The lowest BCUT2D eigenvalue weighted by atomic mass is 10.0. The van der Waals surface area contributed by atoms with Crippen LogP contribution < -0.4 is 10.1 Å². The Hall–Kier alpha value is -3.08. The van der Waals surface area contributed by atoms with E-state index in [-0.39, 0.29) is 11.8 Å². The van der Waals surface area contributed by atoms with Gasteiger partial charge >= 0.3 is 0 Å². The van der Waals surface area contributed by atoms with Crippen molar-refractivity contribution in [3.05, 3.63) is 65.9 Å². The smallest absolute Gasteiger partial charge is 0.278 e. The van der Waals surface area contributed by atoms with Crippen molar-refractivity contribution in [2.24, 2.45) is 0 Å². The Morgan fingerprint density at radius 2 is 1.64 bits per heavy atom. The predicted molar refractivity (Wildman–Crippen MR) is 97.0 cm³/mol. The number of methoxy groups -OCH3 is 1. The van der Waals surface area contributed by atoms with E-state index in [1.807, 2.05) is 37.3 Å². The van der Waals surface area contributed by atoms with Crippen molar-refractivity contribution in [3.8, 4) is 5.75 Å². The third-order valence-electron chi connectivity index (χ3n) is 4.04. The van der Waals surface area contributed by atoms with Crippen LogP contribution in [0.1, 0.15) is 18.9 Å². The number of ether oxygens (including phenoxy) is 1. The van der Waals surface area contributed by atoms with Gasteiger partial charge in [0.25, 0.3) is 11.8 Å². The summed E-state index contributed by atoms with van der Waals surface area (Å²) in [6, 6.07) is 16.5. The standard InChI is InChI=1S/C20H20N2O3/c1-3-13-22-19(23)17(14-9-11-16(25-2)12-10-14)18(20(22)24)21-15-7-5-4-6-8-15/h4-12,21H,3,13H2,1-2H3. The normalized spacial score (nSPS) is 14.2. The lowest BCUT2D eigenvalue weighted by molar-refractivity contribution is -0.136. The summed E-state index contributed by atoms with van der Waals surface area (Å²) in [5.41, 5.74) is 2.17. The number of anilines is 1. The molecular formula is C20H20N2O3. The fraction of sp³-hybridized carbons (Fsp3) is 0.200. The monoisotopic (exact) mass is 336 g/mol. The van der Waals surface area contributed by atoms with Gasteiger partial charge in [0.1, 0.15) is 11.4 Å². The van der Waals surface area contributed by atoms with Gasteiger partial charge in [-0.25, -0.2) is 0 Å². The van der Waals surface area contributed by atoms with Gasteiger partial charge < -0.3 is 10.1 Å². The van der Waals surface area contributed by atoms with Gasteiger partial charge in [0.05, 0.1) is 12.7 Å². The second-order valence-electron chi connectivity index (χ2n) is 5.73. The van der Waals surface area contributed by atoms with Crippen LogP contribution in [0.5, 0.6) is 5.75 Å². The summed E-state index contributed by atoms with van der Waals surface area (Å²) in [5.74, 6) is 0.140. The number of nitrogens with one attached hydrogen (secondary N) is 1. The molecule has 3 rings (SSSR count). The van der Waals surface area contributed by atoms with E-state index in [2.05, 4.69) is 5.32 Å². The van der Waals surface area contributed by atoms with E-state index >= 15 is 0 Å². The quantitative estimate of drug-likeness (QED) is 0.822. The molecule has 0 aromatic heterocycles. The van der Waals surface area contributed by atoms with Crippen LogP contribution in [0.4, 0.5) is 5.69 Å². The molecule has 0 spiro atoms. The molecule has 1 aliphatic rings. The first-order valence-electron chi connectivity index (χ1n) is 8.22. The summed E-state index contributed by atoms with van der Waals surface area (Å²) in [6.45, 7) is 2.34. The Morgan fingerprint density at radius 1 is 0.960 bits per heavy atom. The molecule has 0 radical (unpaired) electrons. The number of amides is 2. The highest BCUT2D eigenvalue weighted by molar-refractivity contribution is 6.36. The summed E-state index contributed by atoms with van der Waals surface area (Å²) in [4.78, 5) is 26.9. The molecule has 0 saturated carbocycles. The Kier molecular flexibility index (Phi) is 4.84. The van der Waals surface area contributed by atoms with Crippen LogP contribution in [-0.4, -0.2) is 30.4 Å². The zero-order valence-electron chi connectivity index (χ0n) is 14.3. The maximum atomic E-state index is 12.8. The molecule has 0 unspecified atom stereocenters. The van der Waals surface area contributed by atoms with E-state index in [1.54, 1.807) is 31.4 Å². The zero-order chi connectivity index (χ0) is 17.8. The van der Waals surface area contributed by atoms with Gasteiger partial charge in [-0.15, -0.1) is 0 Å². The van der Waals surface area contributed by atoms with E-state index in [0.29, 0.717) is 35.5 Å². The fourth-order valence-electron chi connectivity index (χ4n) is 2.81. The lowest BCUT2D eigenvalue weighted by Crippen LogP contribution is -2.33.